The molecule has 0 aromatic rings. The van der Waals surface area contributed by atoms with Gasteiger partial charge in [0.2, 0.25) is 0 Å². The van der Waals surface area contributed by atoms with Crippen LogP contribution in [0.1, 0.15) is 39.0 Å². The van der Waals surface area contributed by atoms with E-state index >= 15 is 0 Å². The molecule has 1 saturated carbocycles. The Bertz CT molecular complexity index is 190. The highest BCUT2D eigenvalue weighted by molar-refractivity contribution is 8.00. The van der Waals surface area contributed by atoms with Gasteiger partial charge in [-0.15, -0.1) is 11.8 Å². The van der Waals surface area contributed by atoms with Crippen LogP contribution < -0.4 is 5.32 Å². The van der Waals surface area contributed by atoms with E-state index in [2.05, 4.69) is 24.0 Å². The van der Waals surface area contributed by atoms with E-state index in [-0.39, 0.29) is 0 Å². The topological polar surface area (TPSA) is 21.3 Å². The highest BCUT2D eigenvalue weighted by Crippen LogP contribution is 2.43. The fourth-order valence-electron chi connectivity index (χ4n) is 2.52. The number of hydrogen-bond acceptors (Lipinski definition) is 3. The second kappa shape index (κ2) is 4.42. The summed E-state index contributed by atoms with van der Waals surface area (Å²) in [5.41, 5.74) is 0. The van der Waals surface area contributed by atoms with Crippen LogP contribution in [0.2, 0.25) is 0 Å². The number of rotatable bonds is 2. The molecule has 2 aliphatic rings. The van der Waals surface area contributed by atoms with E-state index in [0.29, 0.717) is 11.0 Å². The molecule has 2 rings (SSSR count). The van der Waals surface area contributed by atoms with Gasteiger partial charge in [0.05, 0.1) is 11.0 Å². The van der Waals surface area contributed by atoms with Gasteiger partial charge in [-0.05, 0) is 32.1 Å². The number of hydrogen-bond donors (Lipinski definition) is 1. The molecule has 1 aliphatic carbocycles. The first-order valence-electron chi connectivity index (χ1n) is 5.72. The van der Waals surface area contributed by atoms with Crippen LogP contribution >= 0.6 is 11.8 Å². The highest BCUT2D eigenvalue weighted by atomic mass is 32.2. The molecular weight excluding hydrogens is 194 g/mol. The van der Waals surface area contributed by atoms with Gasteiger partial charge in [0.15, 0.2) is 0 Å². The lowest BCUT2D eigenvalue weighted by Gasteiger charge is -2.36. The molecule has 2 nitrogen and oxygen atoms in total. The third-order valence-electron chi connectivity index (χ3n) is 3.59. The van der Waals surface area contributed by atoms with Gasteiger partial charge in [0.1, 0.15) is 0 Å². The van der Waals surface area contributed by atoms with Crippen molar-refractivity contribution in [2.75, 3.05) is 12.9 Å². The Morgan fingerprint density at radius 3 is 2.64 bits per heavy atom. The molecule has 82 valence electrons. The fraction of sp³-hybridized carbons (Fsp3) is 1.00. The summed E-state index contributed by atoms with van der Waals surface area (Å²) in [5.74, 6) is 1.30. The first-order chi connectivity index (χ1) is 6.78. The van der Waals surface area contributed by atoms with Crippen molar-refractivity contribution in [3.8, 4) is 0 Å². The third kappa shape index (κ3) is 2.10. The molecule has 0 aromatic carbocycles. The minimum absolute atomic E-state index is 0.412. The molecule has 1 atom stereocenters. The zero-order chi connectivity index (χ0) is 10.0. The maximum Gasteiger partial charge on any atom is 0.0650 e. The molecule has 3 heteroatoms. The summed E-state index contributed by atoms with van der Waals surface area (Å²) < 4.78 is 5.41. The zero-order valence-corrected chi connectivity index (χ0v) is 10.0. The SMILES string of the molecule is CCC1CSC2(CCC(OC)CC2)N1. The molecular formula is C11H21NOS. The van der Waals surface area contributed by atoms with Crippen LogP contribution in [0.4, 0.5) is 0 Å². The zero-order valence-electron chi connectivity index (χ0n) is 9.21. The highest BCUT2D eigenvalue weighted by Gasteiger charge is 2.41. The third-order valence-corrected chi connectivity index (χ3v) is 5.24. The van der Waals surface area contributed by atoms with E-state index in [1.807, 2.05) is 7.11 Å². The fourth-order valence-corrected chi connectivity index (χ4v) is 4.13. The standard InChI is InChI=1S/C11H21NOS/c1-3-9-8-14-11(12-9)6-4-10(13-2)5-7-11/h9-10,12H,3-8H2,1-2H3. The van der Waals surface area contributed by atoms with Gasteiger partial charge in [0.25, 0.3) is 0 Å². The average molecular weight is 215 g/mol. The summed E-state index contributed by atoms with van der Waals surface area (Å²) in [5, 5.41) is 3.81. The van der Waals surface area contributed by atoms with Crippen LogP contribution in [0.25, 0.3) is 0 Å². The number of methoxy groups -OCH3 is 1. The molecule has 1 N–H and O–H groups in total. The second-order valence-electron chi connectivity index (χ2n) is 4.49. The summed E-state index contributed by atoms with van der Waals surface area (Å²) in [4.78, 5) is 0.412. The number of nitrogens with one attached hydrogen (secondary N) is 1. The van der Waals surface area contributed by atoms with Gasteiger partial charge in [-0.1, -0.05) is 6.92 Å². The summed E-state index contributed by atoms with van der Waals surface area (Å²) >= 11 is 2.14. The molecule has 2 fully saturated rings. The average Bonchev–Trinajstić information content (AvgIpc) is 2.63. The summed E-state index contributed by atoms with van der Waals surface area (Å²) in [6, 6.07) is 0.749. The van der Waals surface area contributed by atoms with Crippen LogP contribution in [0.15, 0.2) is 0 Å². The molecule has 1 heterocycles. The van der Waals surface area contributed by atoms with Crippen LogP contribution in [-0.4, -0.2) is 29.9 Å². The Morgan fingerprint density at radius 2 is 2.14 bits per heavy atom. The second-order valence-corrected chi connectivity index (χ2v) is 5.89. The van der Waals surface area contributed by atoms with Crippen molar-refractivity contribution < 1.29 is 4.74 Å². The molecule has 1 spiro atoms. The quantitative estimate of drug-likeness (QED) is 0.764. The first-order valence-corrected chi connectivity index (χ1v) is 6.71. The largest absolute Gasteiger partial charge is 0.381 e. The van der Waals surface area contributed by atoms with Crippen molar-refractivity contribution in [2.24, 2.45) is 0 Å². The minimum atomic E-state index is 0.412. The van der Waals surface area contributed by atoms with E-state index in [4.69, 9.17) is 4.74 Å². The molecule has 1 saturated heterocycles. The number of thioether (sulfide) groups is 1. The van der Waals surface area contributed by atoms with Crippen molar-refractivity contribution in [3.63, 3.8) is 0 Å². The molecule has 14 heavy (non-hydrogen) atoms. The van der Waals surface area contributed by atoms with Crippen molar-refractivity contribution in [3.05, 3.63) is 0 Å². The van der Waals surface area contributed by atoms with Gasteiger partial charge in [-0.3, -0.25) is 5.32 Å². The maximum absolute atomic E-state index is 5.41. The van der Waals surface area contributed by atoms with Crippen LogP contribution in [0.3, 0.4) is 0 Å². The van der Waals surface area contributed by atoms with Crippen LogP contribution in [0.5, 0.6) is 0 Å². The molecule has 1 aliphatic heterocycles. The predicted molar refractivity (Wildman–Crippen MR) is 61.7 cm³/mol. The molecule has 0 radical (unpaired) electrons. The van der Waals surface area contributed by atoms with Gasteiger partial charge >= 0.3 is 0 Å². The molecule has 0 amide bonds. The lowest BCUT2D eigenvalue weighted by molar-refractivity contribution is 0.0579. The van der Waals surface area contributed by atoms with Crippen molar-refractivity contribution in [2.45, 2.75) is 56.0 Å². The van der Waals surface area contributed by atoms with Gasteiger partial charge in [-0.25, -0.2) is 0 Å². The van der Waals surface area contributed by atoms with Gasteiger partial charge in [-0.2, -0.15) is 0 Å². The van der Waals surface area contributed by atoms with E-state index in [1.54, 1.807) is 0 Å². The van der Waals surface area contributed by atoms with Crippen LogP contribution in [-0.2, 0) is 4.74 Å². The normalized spacial score (nSPS) is 43.3. The van der Waals surface area contributed by atoms with Gasteiger partial charge in [0, 0.05) is 18.9 Å². The van der Waals surface area contributed by atoms with E-state index in [9.17, 15) is 0 Å². The molecule has 0 aromatic heterocycles. The van der Waals surface area contributed by atoms with E-state index in [0.717, 1.165) is 6.04 Å². The van der Waals surface area contributed by atoms with Crippen molar-refractivity contribution in [1.29, 1.82) is 0 Å². The Kier molecular flexibility index (Phi) is 3.40. The monoisotopic (exact) mass is 215 g/mol. The number of ether oxygens (including phenoxy) is 1. The maximum atomic E-state index is 5.41. The summed E-state index contributed by atoms with van der Waals surface area (Å²) in [6.45, 7) is 2.28. The smallest absolute Gasteiger partial charge is 0.0650 e. The molecule has 0 bridgehead atoms. The molecule has 1 unspecified atom stereocenters. The Labute approximate surface area is 91.2 Å². The van der Waals surface area contributed by atoms with Gasteiger partial charge < -0.3 is 4.74 Å². The summed E-state index contributed by atoms with van der Waals surface area (Å²) in [7, 11) is 1.84. The Hall–Kier alpha value is 0.270. The van der Waals surface area contributed by atoms with E-state index in [1.165, 1.54) is 37.9 Å². The Morgan fingerprint density at radius 1 is 1.43 bits per heavy atom. The van der Waals surface area contributed by atoms with Crippen molar-refractivity contribution >= 4 is 11.8 Å². The van der Waals surface area contributed by atoms with Crippen LogP contribution in [0, 0.1) is 0 Å². The Balaban J connectivity index is 1.87. The minimum Gasteiger partial charge on any atom is -0.381 e. The lowest BCUT2D eigenvalue weighted by Crippen LogP contribution is -2.45. The van der Waals surface area contributed by atoms with E-state index < -0.39 is 0 Å². The predicted octanol–water partition coefficient (Wildman–Crippen LogP) is 2.39. The lowest BCUT2D eigenvalue weighted by atomic mass is 9.92. The first kappa shape index (κ1) is 10.8. The van der Waals surface area contributed by atoms with Crippen molar-refractivity contribution in [1.82, 2.24) is 5.32 Å². The summed E-state index contributed by atoms with van der Waals surface area (Å²) in [6.07, 6.45) is 6.81.